The zero-order chi connectivity index (χ0) is 24.1. The number of non-ortho nitro benzene ring substituents is 1. The molecule has 0 saturated carbocycles. The summed E-state index contributed by atoms with van der Waals surface area (Å²) in [4.78, 5) is 51.3. The summed E-state index contributed by atoms with van der Waals surface area (Å²) in [5, 5.41) is 13.6. The van der Waals surface area contributed by atoms with E-state index in [9.17, 15) is 24.5 Å². The van der Waals surface area contributed by atoms with Crippen LogP contribution in [0.15, 0.2) is 58.1 Å². The average Bonchev–Trinajstić information content (AvgIpc) is 2.77. The highest BCUT2D eigenvalue weighted by Gasteiger charge is 2.18. The van der Waals surface area contributed by atoms with Crippen molar-refractivity contribution in [2.24, 2.45) is 0 Å². The summed E-state index contributed by atoms with van der Waals surface area (Å²) >= 11 is 0. The molecule has 0 unspecified atom stereocenters. The number of amides is 1. The highest BCUT2D eigenvalue weighted by atomic mass is 16.6. The molecule has 0 fully saturated rings. The van der Waals surface area contributed by atoms with Crippen LogP contribution in [0.4, 0.5) is 22.9 Å². The van der Waals surface area contributed by atoms with E-state index in [4.69, 9.17) is 5.73 Å². The molecular weight excluding hydrogens is 428 g/mol. The first kappa shape index (κ1) is 23.3. The third-order valence-corrected chi connectivity index (χ3v) is 5.15. The van der Waals surface area contributed by atoms with Gasteiger partial charge in [0.15, 0.2) is 0 Å². The number of anilines is 3. The van der Waals surface area contributed by atoms with Crippen molar-refractivity contribution >= 4 is 28.8 Å². The molecule has 172 valence electrons. The number of nitrogen functional groups attached to an aromatic ring is 1. The van der Waals surface area contributed by atoms with Crippen LogP contribution in [-0.4, -0.2) is 34.0 Å². The van der Waals surface area contributed by atoms with Crippen LogP contribution >= 0.6 is 0 Å². The number of aromatic nitrogens is 2. The van der Waals surface area contributed by atoms with E-state index in [-0.39, 0.29) is 42.6 Å². The number of aromatic amines is 1. The Morgan fingerprint density at radius 2 is 1.91 bits per heavy atom. The quantitative estimate of drug-likeness (QED) is 0.348. The van der Waals surface area contributed by atoms with Crippen molar-refractivity contribution < 1.29 is 9.72 Å². The van der Waals surface area contributed by atoms with Gasteiger partial charge >= 0.3 is 5.69 Å². The second kappa shape index (κ2) is 9.81. The van der Waals surface area contributed by atoms with Crippen LogP contribution < -0.4 is 27.2 Å². The van der Waals surface area contributed by atoms with E-state index in [1.54, 1.807) is 14.0 Å². The number of carbonyl (C=O) groups excluding carboxylic acids is 1. The predicted octanol–water partition coefficient (Wildman–Crippen LogP) is 1.85. The van der Waals surface area contributed by atoms with E-state index in [1.165, 1.54) is 27.7 Å². The highest BCUT2D eigenvalue weighted by molar-refractivity contribution is 5.92. The number of nitrogens with zero attached hydrogens (tertiary/aromatic N) is 3. The molecule has 33 heavy (non-hydrogen) atoms. The lowest BCUT2D eigenvalue weighted by atomic mass is 10.1. The zero-order valence-corrected chi connectivity index (χ0v) is 18.2. The van der Waals surface area contributed by atoms with Crippen LogP contribution in [0.25, 0.3) is 0 Å². The maximum absolute atomic E-state index is 12.4. The Hall–Kier alpha value is -4.41. The minimum atomic E-state index is -0.643. The minimum absolute atomic E-state index is 0.00160. The first-order chi connectivity index (χ1) is 15.7. The standard InChI is InChI=1S/C22H24N6O5/c1-14-12-16(28(32)33)8-9-17(14)24-18(29)10-11-26(2)19-20(23)27(22(31)25-21(19)30)13-15-6-4-3-5-7-15/h3-9,12H,10-11,13,23H2,1-2H3,(H,24,29)(H,25,30,31). The number of aryl methyl sites for hydroxylation is 1. The lowest BCUT2D eigenvalue weighted by Gasteiger charge is -2.21. The second-order valence-electron chi connectivity index (χ2n) is 7.54. The molecule has 0 aliphatic heterocycles. The van der Waals surface area contributed by atoms with Gasteiger partial charge in [-0.1, -0.05) is 30.3 Å². The van der Waals surface area contributed by atoms with Crippen LogP contribution in [0.2, 0.25) is 0 Å². The number of benzene rings is 2. The number of nitro benzene ring substituents is 1. The van der Waals surface area contributed by atoms with Gasteiger partial charge in [0, 0.05) is 37.8 Å². The molecule has 1 amide bonds. The molecule has 0 saturated heterocycles. The number of carbonyl (C=O) groups is 1. The van der Waals surface area contributed by atoms with Gasteiger partial charge in [0.1, 0.15) is 11.5 Å². The van der Waals surface area contributed by atoms with E-state index in [0.717, 1.165) is 5.56 Å². The van der Waals surface area contributed by atoms with Crippen molar-refractivity contribution in [3.63, 3.8) is 0 Å². The van der Waals surface area contributed by atoms with Crippen molar-refractivity contribution in [1.82, 2.24) is 9.55 Å². The molecule has 0 aliphatic rings. The fourth-order valence-electron chi connectivity index (χ4n) is 3.36. The Kier molecular flexibility index (Phi) is 6.91. The van der Waals surface area contributed by atoms with Crippen LogP contribution in [0, 0.1) is 17.0 Å². The van der Waals surface area contributed by atoms with Crippen molar-refractivity contribution in [3.8, 4) is 0 Å². The number of nitrogens with one attached hydrogen (secondary N) is 2. The van der Waals surface area contributed by atoms with Gasteiger partial charge in [-0.3, -0.25) is 29.3 Å². The predicted molar refractivity (Wildman–Crippen MR) is 126 cm³/mol. The van der Waals surface area contributed by atoms with Crippen LogP contribution in [-0.2, 0) is 11.3 Å². The Labute approximate surface area is 188 Å². The molecule has 0 bridgehead atoms. The summed E-state index contributed by atoms with van der Waals surface area (Å²) in [6, 6.07) is 13.3. The molecule has 0 atom stereocenters. The lowest BCUT2D eigenvalue weighted by Crippen LogP contribution is -2.38. The Bertz CT molecular complexity index is 1300. The summed E-state index contributed by atoms with van der Waals surface area (Å²) in [5.41, 5.74) is 6.78. The summed E-state index contributed by atoms with van der Waals surface area (Å²) in [7, 11) is 1.60. The van der Waals surface area contributed by atoms with Crippen molar-refractivity contribution in [2.45, 2.75) is 19.9 Å². The van der Waals surface area contributed by atoms with Crippen LogP contribution in [0.3, 0.4) is 0 Å². The van der Waals surface area contributed by atoms with Gasteiger partial charge in [-0.05, 0) is 24.1 Å². The van der Waals surface area contributed by atoms with E-state index in [2.05, 4.69) is 10.3 Å². The number of H-pyrrole nitrogens is 1. The lowest BCUT2D eigenvalue weighted by molar-refractivity contribution is -0.384. The van der Waals surface area contributed by atoms with Crippen molar-refractivity contribution in [2.75, 3.05) is 29.5 Å². The molecule has 11 heteroatoms. The Morgan fingerprint density at radius 3 is 2.55 bits per heavy atom. The van der Waals surface area contributed by atoms with E-state index >= 15 is 0 Å². The summed E-state index contributed by atoms with van der Waals surface area (Å²) in [6.07, 6.45) is 0.0175. The molecule has 1 heterocycles. The van der Waals surface area contributed by atoms with Gasteiger partial charge in [0.25, 0.3) is 11.2 Å². The SMILES string of the molecule is Cc1cc([N+](=O)[O-])ccc1NC(=O)CCN(C)c1c(N)n(Cc2ccccc2)c(=O)[nH]c1=O. The fourth-order valence-corrected chi connectivity index (χ4v) is 3.36. The number of hydrogen-bond donors (Lipinski definition) is 3. The zero-order valence-electron chi connectivity index (χ0n) is 18.2. The third-order valence-electron chi connectivity index (χ3n) is 5.15. The topological polar surface area (TPSA) is 156 Å². The van der Waals surface area contributed by atoms with Gasteiger partial charge < -0.3 is 16.0 Å². The minimum Gasteiger partial charge on any atom is -0.383 e. The summed E-state index contributed by atoms with van der Waals surface area (Å²) in [5.74, 6) is -0.340. The third kappa shape index (κ3) is 5.45. The maximum atomic E-state index is 12.4. The Balaban J connectivity index is 1.72. The number of rotatable bonds is 8. The van der Waals surface area contributed by atoms with Gasteiger partial charge in [0.2, 0.25) is 5.91 Å². The first-order valence-corrected chi connectivity index (χ1v) is 10.1. The van der Waals surface area contributed by atoms with E-state index in [1.807, 2.05) is 30.3 Å². The van der Waals surface area contributed by atoms with Gasteiger partial charge in [-0.15, -0.1) is 0 Å². The first-order valence-electron chi connectivity index (χ1n) is 10.1. The number of hydrogen-bond acceptors (Lipinski definition) is 7. The number of nitro groups is 1. The van der Waals surface area contributed by atoms with Crippen molar-refractivity contribution in [1.29, 1.82) is 0 Å². The summed E-state index contributed by atoms with van der Waals surface area (Å²) in [6.45, 7) is 1.99. The normalized spacial score (nSPS) is 10.6. The Morgan fingerprint density at radius 1 is 1.21 bits per heavy atom. The molecule has 3 aromatic rings. The second-order valence-corrected chi connectivity index (χ2v) is 7.54. The molecule has 1 aromatic heterocycles. The molecule has 11 nitrogen and oxygen atoms in total. The smallest absolute Gasteiger partial charge is 0.330 e. The van der Waals surface area contributed by atoms with E-state index in [0.29, 0.717) is 11.3 Å². The maximum Gasteiger partial charge on any atom is 0.330 e. The largest absolute Gasteiger partial charge is 0.383 e. The van der Waals surface area contributed by atoms with Crippen LogP contribution in [0.1, 0.15) is 17.5 Å². The van der Waals surface area contributed by atoms with Crippen LogP contribution in [0.5, 0.6) is 0 Å². The van der Waals surface area contributed by atoms with Gasteiger partial charge in [-0.2, -0.15) is 0 Å². The molecule has 3 rings (SSSR count). The molecule has 0 spiro atoms. The fraction of sp³-hybridized carbons (Fsp3) is 0.227. The molecular formula is C22H24N6O5. The van der Waals surface area contributed by atoms with Gasteiger partial charge in [0.05, 0.1) is 11.5 Å². The average molecular weight is 452 g/mol. The van der Waals surface area contributed by atoms with Crippen molar-refractivity contribution in [3.05, 3.63) is 90.6 Å². The highest BCUT2D eigenvalue weighted by Crippen LogP contribution is 2.21. The molecule has 4 N–H and O–H groups in total. The van der Waals surface area contributed by atoms with E-state index < -0.39 is 16.2 Å². The molecule has 0 radical (unpaired) electrons. The molecule has 2 aromatic carbocycles. The van der Waals surface area contributed by atoms with Gasteiger partial charge in [-0.25, -0.2) is 4.79 Å². The number of nitrogens with two attached hydrogens (primary N) is 1. The monoisotopic (exact) mass is 452 g/mol. The molecule has 0 aliphatic carbocycles. The summed E-state index contributed by atoms with van der Waals surface area (Å²) < 4.78 is 1.27.